The molecule has 0 radical (unpaired) electrons. The molecular formula is C19H21NO7. The Bertz CT molecular complexity index is 860. The van der Waals surface area contributed by atoms with E-state index in [2.05, 4.69) is 5.32 Å². The van der Waals surface area contributed by atoms with Gasteiger partial charge in [0.25, 0.3) is 5.91 Å². The Hall–Kier alpha value is -3.29. The lowest BCUT2D eigenvalue weighted by molar-refractivity contribution is 0.0524. The molecule has 144 valence electrons. The first kappa shape index (κ1) is 20.0. The maximum Gasteiger partial charge on any atom is 0.344 e. The number of furan rings is 1. The van der Waals surface area contributed by atoms with Crippen LogP contribution in [0.3, 0.4) is 0 Å². The van der Waals surface area contributed by atoms with Crippen molar-refractivity contribution in [2.45, 2.75) is 20.8 Å². The van der Waals surface area contributed by atoms with Gasteiger partial charge >= 0.3 is 5.97 Å². The van der Waals surface area contributed by atoms with Crippen LogP contribution in [-0.4, -0.2) is 38.5 Å². The van der Waals surface area contributed by atoms with Crippen LogP contribution in [0.2, 0.25) is 0 Å². The van der Waals surface area contributed by atoms with Crippen molar-refractivity contribution < 1.29 is 33.0 Å². The van der Waals surface area contributed by atoms with E-state index in [-0.39, 0.29) is 52.2 Å². The van der Waals surface area contributed by atoms with E-state index in [9.17, 15) is 14.4 Å². The number of nitrogens with one attached hydrogen (secondary N) is 1. The predicted molar refractivity (Wildman–Crippen MR) is 96.9 cm³/mol. The number of benzene rings is 1. The minimum absolute atomic E-state index is 0.0655. The third-order valence-electron chi connectivity index (χ3n) is 3.80. The van der Waals surface area contributed by atoms with E-state index in [1.54, 1.807) is 25.1 Å². The van der Waals surface area contributed by atoms with Crippen molar-refractivity contribution in [2.75, 3.05) is 26.1 Å². The van der Waals surface area contributed by atoms with Crippen molar-refractivity contribution in [1.82, 2.24) is 0 Å². The molecule has 0 fully saturated rings. The maximum absolute atomic E-state index is 12.8. The number of esters is 1. The molecule has 0 aliphatic rings. The molecule has 0 bridgehead atoms. The lowest BCUT2D eigenvalue weighted by Crippen LogP contribution is -2.17. The lowest BCUT2D eigenvalue weighted by atomic mass is 10.1. The number of ether oxygens (including phenoxy) is 3. The Morgan fingerprint density at radius 3 is 2.11 bits per heavy atom. The molecule has 8 nitrogen and oxygen atoms in total. The maximum atomic E-state index is 12.8. The Morgan fingerprint density at radius 2 is 1.63 bits per heavy atom. The highest BCUT2D eigenvalue weighted by Gasteiger charge is 2.30. The van der Waals surface area contributed by atoms with E-state index in [1.807, 2.05) is 0 Å². The molecule has 2 aromatic rings. The zero-order valence-corrected chi connectivity index (χ0v) is 15.8. The summed E-state index contributed by atoms with van der Waals surface area (Å²) in [5, 5.41) is 2.51. The molecule has 0 saturated carbocycles. The molecule has 0 aliphatic carbocycles. The van der Waals surface area contributed by atoms with Crippen molar-refractivity contribution >= 4 is 23.5 Å². The normalized spacial score (nSPS) is 10.3. The number of carbonyl (C=O) groups excluding carboxylic acids is 3. The van der Waals surface area contributed by atoms with Crippen LogP contribution >= 0.6 is 0 Å². The van der Waals surface area contributed by atoms with Crippen molar-refractivity contribution in [3.63, 3.8) is 0 Å². The van der Waals surface area contributed by atoms with Crippen molar-refractivity contribution in [3.8, 4) is 11.5 Å². The fraction of sp³-hybridized carbons (Fsp3) is 0.316. The zero-order valence-electron chi connectivity index (χ0n) is 15.8. The Balaban J connectivity index is 2.52. The highest BCUT2D eigenvalue weighted by molar-refractivity contribution is 6.13. The number of Topliss-reactive ketones (excluding diaryl/α,β-unsaturated/α-hetero) is 1. The van der Waals surface area contributed by atoms with Gasteiger partial charge in [-0.1, -0.05) is 6.07 Å². The minimum atomic E-state index is -0.762. The number of hydrogen-bond acceptors (Lipinski definition) is 7. The largest absolute Gasteiger partial charge is 0.496 e. The number of rotatable bonds is 7. The molecule has 2 rings (SSSR count). The van der Waals surface area contributed by atoms with Crippen LogP contribution in [0, 0.1) is 6.92 Å². The van der Waals surface area contributed by atoms with E-state index in [1.165, 1.54) is 28.1 Å². The van der Waals surface area contributed by atoms with Gasteiger partial charge in [-0.3, -0.25) is 14.9 Å². The number of methoxy groups -OCH3 is 2. The standard InChI is InChI=1S/C19H21NO7/c1-6-26-19(23)16-14(10(2)21)11(3)27-18(16)20-17(22)15-12(24-4)8-7-9-13(15)25-5/h7-9H,6H2,1-5H3,(H,20,22). The molecular weight excluding hydrogens is 354 g/mol. The Kier molecular flexibility index (Phi) is 6.23. The topological polar surface area (TPSA) is 104 Å². The molecule has 8 heteroatoms. The van der Waals surface area contributed by atoms with E-state index in [4.69, 9.17) is 18.6 Å². The molecule has 0 aliphatic heterocycles. The van der Waals surface area contributed by atoms with Gasteiger partial charge in [-0.25, -0.2) is 4.79 Å². The zero-order chi connectivity index (χ0) is 20.1. The lowest BCUT2D eigenvalue weighted by Gasteiger charge is -2.12. The number of anilines is 1. The van der Waals surface area contributed by atoms with Gasteiger partial charge in [0, 0.05) is 0 Å². The van der Waals surface area contributed by atoms with Crippen LogP contribution in [0.1, 0.15) is 50.7 Å². The average molecular weight is 375 g/mol. The van der Waals surface area contributed by atoms with Crippen molar-refractivity contribution in [1.29, 1.82) is 0 Å². The number of carbonyl (C=O) groups is 3. The first-order valence-electron chi connectivity index (χ1n) is 8.19. The SMILES string of the molecule is CCOC(=O)c1c(NC(=O)c2c(OC)cccc2OC)oc(C)c1C(C)=O. The Labute approximate surface area is 156 Å². The van der Waals surface area contributed by atoms with Gasteiger partial charge in [0.2, 0.25) is 5.88 Å². The van der Waals surface area contributed by atoms with E-state index in [0.717, 1.165) is 0 Å². The minimum Gasteiger partial charge on any atom is -0.496 e. The van der Waals surface area contributed by atoms with E-state index >= 15 is 0 Å². The molecule has 1 amide bonds. The molecule has 0 spiro atoms. The summed E-state index contributed by atoms with van der Waals surface area (Å²) in [6.45, 7) is 4.57. The monoisotopic (exact) mass is 375 g/mol. The Morgan fingerprint density at radius 1 is 1.04 bits per heavy atom. The number of amides is 1. The summed E-state index contributed by atoms with van der Waals surface area (Å²) in [5.74, 6) is -1.18. The van der Waals surface area contributed by atoms with Crippen LogP contribution in [0.25, 0.3) is 0 Å². The van der Waals surface area contributed by atoms with Crippen molar-refractivity contribution in [2.24, 2.45) is 0 Å². The molecule has 0 unspecified atom stereocenters. The van der Waals surface area contributed by atoms with Gasteiger partial charge in [0.15, 0.2) is 5.78 Å². The van der Waals surface area contributed by atoms with Gasteiger partial charge in [0.05, 0.1) is 26.4 Å². The summed E-state index contributed by atoms with van der Waals surface area (Å²) >= 11 is 0. The highest BCUT2D eigenvalue weighted by Crippen LogP contribution is 2.32. The molecule has 1 N–H and O–H groups in total. The van der Waals surface area contributed by atoms with Gasteiger partial charge < -0.3 is 18.6 Å². The first-order valence-corrected chi connectivity index (χ1v) is 8.19. The molecule has 1 heterocycles. The summed E-state index contributed by atoms with van der Waals surface area (Å²) in [6.07, 6.45) is 0. The summed E-state index contributed by atoms with van der Waals surface area (Å²) in [4.78, 5) is 37.1. The van der Waals surface area contributed by atoms with Crippen LogP contribution < -0.4 is 14.8 Å². The third kappa shape index (κ3) is 3.94. The summed E-state index contributed by atoms with van der Waals surface area (Å²) in [6, 6.07) is 4.86. The summed E-state index contributed by atoms with van der Waals surface area (Å²) in [5.41, 5.74) is 0.0653. The van der Waals surface area contributed by atoms with Gasteiger partial charge in [-0.2, -0.15) is 0 Å². The highest BCUT2D eigenvalue weighted by atomic mass is 16.5. The quantitative estimate of drug-likeness (QED) is 0.585. The van der Waals surface area contributed by atoms with Crippen LogP contribution in [0.4, 0.5) is 5.88 Å². The fourth-order valence-corrected chi connectivity index (χ4v) is 2.70. The van der Waals surface area contributed by atoms with Gasteiger partial charge in [-0.15, -0.1) is 0 Å². The van der Waals surface area contributed by atoms with Crippen molar-refractivity contribution in [3.05, 3.63) is 40.6 Å². The molecule has 27 heavy (non-hydrogen) atoms. The second-order valence-corrected chi connectivity index (χ2v) is 5.51. The van der Waals surface area contributed by atoms with Gasteiger partial charge in [-0.05, 0) is 32.9 Å². The van der Waals surface area contributed by atoms with E-state index < -0.39 is 11.9 Å². The third-order valence-corrected chi connectivity index (χ3v) is 3.80. The second kappa shape index (κ2) is 8.39. The smallest absolute Gasteiger partial charge is 0.344 e. The van der Waals surface area contributed by atoms with Crippen LogP contribution in [0.5, 0.6) is 11.5 Å². The molecule has 1 aromatic heterocycles. The fourth-order valence-electron chi connectivity index (χ4n) is 2.70. The number of ketones is 1. The molecule has 1 aromatic carbocycles. The van der Waals surface area contributed by atoms with E-state index in [0.29, 0.717) is 0 Å². The summed E-state index contributed by atoms with van der Waals surface area (Å²) < 4.78 is 20.9. The second-order valence-electron chi connectivity index (χ2n) is 5.51. The van der Waals surface area contributed by atoms with Crippen LogP contribution in [0.15, 0.2) is 22.6 Å². The van der Waals surface area contributed by atoms with Crippen LogP contribution in [-0.2, 0) is 4.74 Å². The average Bonchev–Trinajstić information content (AvgIpc) is 2.96. The molecule has 0 atom stereocenters. The first-order chi connectivity index (χ1) is 12.8. The summed E-state index contributed by atoms with van der Waals surface area (Å²) in [7, 11) is 2.83. The predicted octanol–water partition coefficient (Wildman–Crippen LogP) is 3.24. The number of hydrogen-bond donors (Lipinski definition) is 1. The molecule has 0 saturated heterocycles. The number of aryl methyl sites for hydroxylation is 1. The van der Waals surface area contributed by atoms with Gasteiger partial charge in [0.1, 0.15) is 28.4 Å².